The van der Waals surface area contributed by atoms with Gasteiger partial charge in [0.1, 0.15) is 6.10 Å². The molecule has 0 aliphatic carbocycles. The molecular weight excluding hydrogens is 244 g/mol. The largest absolute Gasteiger partial charge is 0.390 e. The number of nitrogens with one attached hydrogen (secondary N) is 1. The molecule has 1 amide bonds. The average molecular weight is 266 g/mol. The van der Waals surface area contributed by atoms with Crippen LogP contribution in [0, 0.1) is 0 Å². The molecule has 0 fully saturated rings. The van der Waals surface area contributed by atoms with Crippen LogP contribution in [0.5, 0.6) is 0 Å². The summed E-state index contributed by atoms with van der Waals surface area (Å²) >= 11 is 0. The minimum atomic E-state index is -0.944. The highest BCUT2D eigenvalue weighted by molar-refractivity contribution is 5.72. The second kappa shape index (κ2) is 7.89. The molecule has 0 aliphatic rings. The smallest absolute Gasteiger partial charge is 0.216 e. The summed E-state index contributed by atoms with van der Waals surface area (Å²) in [6, 6.07) is 7.37. The third-order valence-electron chi connectivity index (χ3n) is 2.93. The van der Waals surface area contributed by atoms with Gasteiger partial charge in [0.25, 0.3) is 0 Å². The first-order valence-electron chi connectivity index (χ1n) is 6.44. The van der Waals surface area contributed by atoms with E-state index in [0.717, 1.165) is 12.0 Å². The van der Waals surface area contributed by atoms with Crippen LogP contribution in [-0.4, -0.2) is 35.3 Å². The fraction of sp³-hybridized carbons (Fsp3) is 0.500. The van der Waals surface area contributed by atoms with E-state index in [0.29, 0.717) is 25.1 Å². The Hall–Kier alpha value is -1.43. The number of benzene rings is 1. The molecule has 19 heavy (non-hydrogen) atoms. The minimum Gasteiger partial charge on any atom is -0.390 e. The summed E-state index contributed by atoms with van der Waals surface area (Å²) in [5.41, 5.74) is 7.23. The molecule has 5 N–H and O–H groups in total. The van der Waals surface area contributed by atoms with E-state index in [4.69, 9.17) is 5.73 Å². The molecule has 0 spiro atoms. The predicted molar refractivity (Wildman–Crippen MR) is 73.5 cm³/mol. The first-order chi connectivity index (χ1) is 9.04. The van der Waals surface area contributed by atoms with E-state index in [1.54, 1.807) is 12.1 Å². The monoisotopic (exact) mass is 266 g/mol. The maximum Gasteiger partial charge on any atom is 0.216 e. The molecule has 0 heterocycles. The Kier molecular flexibility index (Phi) is 6.49. The lowest BCUT2D eigenvalue weighted by atomic mass is 10.00. The molecule has 0 bridgehead atoms. The summed E-state index contributed by atoms with van der Waals surface area (Å²) in [5.74, 6) is -0.146. The Morgan fingerprint density at radius 1 is 1.32 bits per heavy atom. The van der Waals surface area contributed by atoms with Crippen LogP contribution < -0.4 is 11.1 Å². The van der Waals surface area contributed by atoms with Crippen molar-refractivity contribution >= 4 is 5.91 Å². The Labute approximate surface area is 113 Å². The van der Waals surface area contributed by atoms with Crippen molar-refractivity contribution in [3.63, 3.8) is 0 Å². The van der Waals surface area contributed by atoms with Crippen molar-refractivity contribution in [2.45, 2.75) is 32.0 Å². The molecule has 0 saturated carbocycles. The van der Waals surface area contributed by atoms with Crippen molar-refractivity contribution in [3.8, 4) is 0 Å². The second-order valence-corrected chi connectivity index (χ2v) is 4.56. The van der Waals surface area contributed by atoms with Crippen molar-refractivity contribution in [2.24, 2.45) is 5.73 Å². The maximum atomic E-state index is 10.7. The van der Waals surface area contributed by atoms with Gasteiger partial charge in [-0.15, -0.1) is 0 Å². The molecule has 0 aromatic heterocycles. The summed E-state index contributed by atoms with van der Waals surface area (Å²) < 4.78 is 0. The van der Waals surface area contributed by atoms with Crippen molar-refractivity contribution in [1.82, 2.24) is 5.32 Å². The van der Waals surface area contributed by atoms with Crippen LogP contribution in [0.4, 0.5) is 0 Å². The standard InChI is InChI=1S/C14H22N2O3/c1-10(17)16-9-7-13(18)14(19)12-4-2-11(3-5-12)6-8-15/h2-5,13-14,18-19H,6-9,15H2,1H3,(H,16,17). The lowest BCUT2D eigenvalue weighted by Gasteiger charge is -2.18. The first-order valence-corrected chi connectivity index (χ1v) is 6.44. The van der Waals surface area contributed by atoms with Gasteiger partial charge in [-0.25, -0.2) is 0 Å². The van der Waals surface area contributed by atoms with E-state index in [1.807, 2.05) is 12.1 Å². The fourth-order valence-corrected chi connectivity index (χ4v) is 1.82. The Morgan fingerprint density at radius 3 is 2.47 bits per heavy atom. The van der Waals surface area contributed by atoms with Gasteiger partial charge in [-0.3, -0.25) is 4.79 Å². The summed E-state index contributed by atoms with van der Waals surface area (Å²) in [4.78, 5) is 10.7. The topological polar surface area (TPSA) is 95.6 Å². The van der Waals surface area contributed by atoms with Crippen LogP contribution in [0.2, 0.25) is 0 Å². The van der Waals surface area contributed by atoms with Crippen LogP contribution in [0.1, 0.15) is 30.6 Å². The van der Waals surface area contributed by atoms with E-state index in [9.17, 15) is 15.0 Å². The van der Waals surface area contributed by atoms with Gasteiger partial charge in [-0.2, -0.15) is 0 Å². The molecule has 0 saturated heterocycles. The van der Waals surface area contributed by atoms with Gasteiger partial charge in [0.2, 0.25) is 5.91 Å². The highest BCUT2D eigenvalue weighted by Crippen LogP contribution is 2.19. The molecule has 1 rings (SSSR count). The molecule has 106 valence electrons. The highest BCUT2D eigenvalue weighted by atomic mass is 16.3. The van der Waals surface area contributed by atoms with Gasteiger partial charge in [0.15, 0.2) is 0 Å². The van der Waals surface area contributed by atoms with E-state index in [-0.39, 0.29) is 5.91 Å². The molecule has 2 atom stereocenters. The van der Waals surface area contributed by atoms with E-state index >= 15 is 0 Å². The van der Waals surface area contributed by atoms with Crippen LogP contribution in [0.3, 0.4) is 0 Å². The number of nitrogens with two attached hydrogens (primary N) is 1. The van der Waals surface area contributed by atoms with Crippen LogP contribution >= 0.6 is 0 Å². The lowest BCUT2D eigenvalue weighted by Crippen LogP contribution is -2.27. The van der Waals surface area contributed by atoms with Gasteiger partial charge in [-0.05, 0) is 30.5 Å². The average Bonchev–Trinajstić information content (AvgIpc) is 2.38. The van der Waals surface area contributed by atoms with Gasteiger partial charge in [-0.1, -0.05) is 24.3 Å². The molecule has 5 nitrogen and oxygen atoms in total. The summed E-state index contributed by atoms with van der Waals surface area (Å²) in [6.45, 7) is 2.35. The lowest BCUT2D eigenvalue weighted by molar-refractivity contribution is -0.119. The summed E-state index contributed by atoms with van der Waals surface area (Å²) in [7, 11) is 0. The Bertz CT molecular complexity index is 392. The SMILES string of the molecule is CC(=O)NCCC(O)C(O)c1ccc(CCN)cc1. The van der Waals surface area contributed by atoms with E-state index < -0.39 is 12.2 Å². The Morgan fingerprint density at radius 2 is 1.95 bits per heavy atom. The van der Waals surface area contributed by atoms with Crippen molar-refractivity contribution in [3.05, 3.63) is 35.4 Å². The van der Waals surface area contributed by atoms with Gasteiger partial charge in [0, 0.05) is 13.5 Å². The van der Waals surface area contributed by atoms with Gasteiger partial charge in [0.05, 0.1) is 6.10 Å². The zero-order chi connectivity index (χ0) is 14.3. The predicted octanol–water partition coefficient (Wildman–Crippen LogP) is 0.108. The van der Waals surface area contributed by atoms with Crippen molar-refractivity contribution in [1.29, 1.82) is 0 Å². The molecule has 1 aromatic carbocycles. The molecule has 5 heteroatoms. The molecule has 0 radical (unpaired) electrons. The van der Waals surface area contributed by atoms with E-state index in [2.05, 4.69) is 5.32 Å². The summed E-state index contributed by atoms with van der Waals surface area (Å²) in [5, 5.41) is 22.4. The van der Waals surface area contributed by atoms with Crippen LogP contribution in [0.25, 0.3) is 0 Å². The minimum absolute atomic E-state index is 0.146. The van der Waals surface area contributed by atoms with Crippen molar-refractivity contribution in [2.75, 3.05) is 13.1 Å². The molecule has 2 unspecified atom stereocenters. The number of carbonyl (C=O) groups is 1. The van der Waals surface area contributed by atoms with E-state index in [1.165, 1.54) is 6.92 Å². The third-order valence-corrected chi connectivity index (χ3v) is 2.93. The highest BCUT2D eigenvalue weighted by Gasteiger charge is 2.17. The molecule has 1 aromatic rings. The maximum absolute atomic E-state index is 10.7. The first kappa shape index (κ1) is 15.6. The van der Waals surface area contributed by atoms with Crippen LogP contribution in [-0.2, 0) is 11.2 Å². The normalized spacial score (nSPS) is 13.9. The number of hydrogen-bond donors (Lipinski definition) is 4. The van der Waals surface area contributed by atoms with Gasteiger partial charge < -0.3 is 21.3 Å². The zero-order valence-corrected chi connectivity index (χ0v) is 11.2. The molecule has 0 aliphatic heterocycles. The molecular formula is C14H22N2O3. The summed E-state index contributed by atoms with van der Waals surface area (Å²) in [6.07, 6.45) is -0.736. The third kappa shape index (κ3) is 5.38. The van der Waals surface area contributed by atoms with Crippen molar-refractivity contribution < 1.29 is 15.0 Å². The number of amides is 1. The number of aliphatic hydroxyl groups is 2. The fourth-order valence-electron chi connectivity index (χ4n) is 1.82. The number of hydrogen-bond acceptors (Lipinski definition) is 4. The Balaban J connectivity index is 2.51. The van der Waals surface area contributed by atoms with Gasteiger partial charge >= 0.3 is 0 Å². The number of rotatable bonds is 7. The number of carbonyl (C=O) groups excluding carboxylic acids is 1. The second-order valence-electron chi connectivity index (χ2n) is 4.56. The number of aliphatic hydroxyl groups excluding tert-OH is 2. The quantitative estimate of drug-likeness (QED) is 0.563. The van der Waals surface area contributed by atoms with Crippen LogP contribution in [0.15, 0.2) is 24.3 Å². The zero-order valence-electron chi connectivity index (χ0n) is 11.2.